The minimum atomic E-state index is -3.50. The van der Waals surface area contributed by atoms with E-state index in [0.717, 1.165) is 36.2 Å². The lowest BCUT2D eigenvalue weighted by atomic mass is 10.1. The Bertz CT molecular complexity index is 808. The van der Waals surface area contributed by atoms with Gasteiger partial charge in [0, 0.05) is 5.38 Å². The van der Waals surface area contributed by atoms with Crippen LogP contribution in [-0.4, -0.2) is 24.5 Å². The Kier molecular flexibility index (Phi) is 3.54. The van der Waals surface area contributed by atoms with E-state index >= 15 is 0 Å². The number of aromatic carboxylic acids is 1. The second-order valence-corrected chi connectivity index (χ2v) is 7.84. The Morgan fingerprint density at radius 1 is 1.29 bits per heavy atom. The van der Waals surface area contributed by atoms with E-state index in [1.165, 1.54) is 10.9 Å². The number of thiazole rings is 1. The zero-order valence-electron chi connectivity index (χ0n) is 11.1. The van der Waals surface area contributed by atoms with Crippen molar-refractivity contribution >= 4 is 27.1 Å². The molecule has 0 saturated carbocycles. The summed E-state index contributed by atoms with van der Waals surface area (Å²) in [6.07, 6.45) is 2.98. The molecule has 0 spiro atoms. The first-order valence-corrected chi connectivity index (χ1v) is 9.01. The summed E-state index contributed by atoms with van der Waals surface area (Å²) >= 11 is 0.939. The van der Waals surface area contributed by atoms with Crippen LogP contribution in [0.5, 0.6) is 0 Å². The van der Waals surface area contributed by atoms with Gasteiger partial charge in [0.25, 0.3) is 0 Å². The van der Waals surface area contributed by atoms with Crippen LogP contribution in [0, 0.1) is 0 Å². The summed E-state index contributed by atoms with van der Waals surface area (Å²) < 4.78 is 24.8. The molecule has 21 heavy (non-hydrogen) atoms. The number of aryl methyl sites for hydroxylation is 2. The number of fused-ring (bicyclic) bond motifs is 1. The van der Waals surface area contributed by atoms with Crippen LogP contribution in [0.2, 0.25) is 0 Å². The van der Waals surface area contributed by atoms with Gasteiger partial charge in [0.1, 0.15) is 0 Å². The number of sulfone groups is 1. The smallest absolute Gasteiger partial charge is 0.365 e. The SMILES string of the molecule is O=C(O)c1nc(CS(=O)(=O)c2ccc3c(c2)CCC3)cs1. The fourth-order valence-corrected chi connectivity index (χ4v) is 4.55. The van der Waals surface area contributed by atoms with Crippen LogP contribution in [0.3, 0.4) is 0 Å². The predicted molar refractivity (Wildman–Crippen MR) is 78.4 cm³/mol. The summed E-state index contributed by atoms with van der Waals surface area (Å²) in [5.74, 6) is -1.41. The van der Waals surface area contributed by atoms with Gasteiger partial charge in [-0.3, -0.25) is 0 Å². The standard InChI is InChI=1S/C14H13NO4S2/c16-14(17)13-15-11(7-20-13)8-21(18,19)12-5-4-9-2-1-3-10(9)6-12/h4-7H,1-3,8H2,(H,16,17). The fourth-order valence-electron chi connectivity index (χ4n) is 2.49. The molecule has 1 aromatic heterocycles. The van der Waals surface area contributed by atoms with Crippen molar-refractivity contribution in [2.24, 2.45) is 0 Å². The molecule has 110 valence electrons. The molecule has 0 bridgehead atoms. The van der Waals surface area contributed by atoms with Crippen molar-refractivity contribution in [3.8, 4) is 0 Å². The molecule has 3 rings (SSSR count). The van der Waals surface area contributed by atoms with Gasteiger partial charge in [0.15, 0.2) is 9.84 Å². The van der Waals surface area contributed by atoms with E-state index in [4.69, 9.17) is 5.11 Å². The van der Waals surface area contributed by atoms with Gasteiger partial charge in [0.05, 0.1) is 16.3 Å². The van der Waals surface area contributed by atoms with Crippen LogP contribution in [0.25, 0.3) is 0 Å². The van der Waals surface area contributed by atoms with Crippen LogP contribution in [0.4, 0.5) is 0 Å². The minimum Gasteiger partial charge on any atom is -0.476 e. The van der Waals surface area contributed by atoms with E-state index < -0.39 is 15.8 Å². The third-order valence-corrected chi connectivity index (χ3v) is 6.03. The van der Waals surface area contributed by atoms with E-state index in [2.05, 4.69) is 4.98 Å². The Labute approximate surface area is 126 Å². The van der Waals surface area contributed by atoms with E-state index in [9.17, 15) is 13.2 Å². The van der Waals surface area contributed by atoms with Crippen molar-refractivity contribution in [1.82, 2.24) is 4.98 Å². The van der Waals surface area contributed by atoms with Gasteiger partial charge >= 0.3 is 5.97 Å². The van der Waals surface area contributed by atoms with Crippen LogP contribution >= 0.6 is 11.3 Å². The average molecular weight is 323 g/mol. The van der Waals surface area contributed by atoms with Gasteiger partial charge in [-0.15, -0.1) is 11.3 Å². The number of aromatic nitrogens is 1. The van der Waals surface area contributed by atoms with Crippen LogP contribution in [0.1, 0.15) is 33.0 Å². The van der Waals surface area contributed by atoms with Crippen molar-refractivity contribution in [3.05, 3.63) is 45.4 Å². The molecule has 0 unspecified atom stereocenters. The Hall–Kier alpha value is -1.73. The number of benzene rings is 1. The maximum Gasteiger partial charge on any atom is 0.365 e. The first kappa shape index (κ1) is 14.2. The van der Waals surface area contributed by atoms with E-state index in [-0.39, 0.29) is 21.3 Å². The molecule has 0 saturated heterocycles. The Morgan fingerprint density at radius 2 is 2.05 bits per heavy atom. The summed E-state index contributed by atoms with van der Waals surface area (Å²) in [6.45, 7) is 0. The third-order valence-electron chi connectivity index (χ3n) is 3.50. The van der Waals surface area contributed by atoms with E-state index in [0.29, 0.717) is 0 Å². The number of hydrogen-bond acceptors (Lipinski definition) is 5. The average Bonchev–Trinajstić information content (AvgIpc) is 3.05. The molecule has 0 amide bonds. The molecule has 0 aliphatic heterocycles. The summed E-state index contributed by atoms with van der Waals surface area (Å²) in [5, 5.41) is 10.2. The van der Waals surface area contributed by atoms with Gasteiger partial charge in [-0.1, -0.05) is 6.07 Å². The van der Waals surface area contributed by atoms with Crippen molar-refractivity contribution in [2.45, 2.75) is 29.9 Å². The molecule has 0 radical (unpaired) electrons. The molecule has 1 aromatic carbocycles. The zero-order chi connectivity index (χ0) is 15.0. The number of nitrogens with zero attached hydrogens (tertiary/aromatic N) is 1. The lowest BCUT2D eigenvalue weighted by Crippen LogP contribution is -2.06. The van der Waals surface area contributed by atoms with Crippen molar-refractivity contribution < 1.29 is 18.3 Å². The van der Waals surface area contributed by atoms with Crippen LogP contribution in [-0.2, 0) is 28.4 Å². The molecule has 1 aliphatic carbocycles. The first-order chi connectivity index (χ1) is 9.95. The lowest BCUT2D eigenvalue weighted by molar-refractivity contribution is 0.0696. The van der Waals surface area contributed by atoms with Crippen molar-refractivity contribution in [3.63, 3.8) is 0 Å². The molecule has 1 N–H and O–H groups in total. The molecule has 1 heterocycles. The zero-order valence-corrected chi connectivity index (χ0v) is 12.7. The molecule has 5 nitrogen and oxygen atoms in total. The van der Waals surface area contributed by atoms with Gasteiger partial charge < -0.3 is 5.11 Å². The summed E-state index contributed by atoms with van der Waals surface area (Å²) in [5.41, 5.74) is 2.59. The van der Waals surface area contributed by atoms with Gasteiger partial charge in [-0.25, -0.2) is 18.2 Å². The first-order valence-electron chi connectivity index (χ1n) is 6.48. The highest BCUT2D eigenvalue weighted by molar-refractivity contribution is 7.90. The highest BCUT2D eigenvalue weighted by atomic mass is 32.2. The summed E-state index contributed by atoms with van der Waals surface area (Å²) in [4.78, 5) is 14.9. The molecule has 1 aliphatic rings. The number of rotatable bonds is 4. The highest BCUT2D eigenvalue weighted by Gasteiger charge is 2.21. The molecule has 2 aromatic rings. The van der Waals surface area contributed by atoms with Crippen molar-refractivity contribution in [2.75, 3.05) is 0 Å². The fraction of sp³-hybridized carbons (Fsp3) is 0.286. The molecular formula is C14H13NO4S2. The van der Waals surface area contributed by atoms with Gasteiger partial charge in [-0.2, -0.15) is 0 Å². The number of carboxylic acid groups (broad SMARTS) is 1. The lowest BCUT2D eigenvalue weighted by Gasteiger charge is -2.05. The largest absolute Gasteiger partial charge is 0.476 e. The molecule has 0 fully saturated rings. The second-order valence-electron chi connectivity index (χ2n) is 4.99. The van der Waals surface area contributed by atoms with E-state index in [1.54, 1.807) is 12.1 Å². The maximum atomic E-state index is 12.4. The van der Waals surface area contributed by atoms with Gasteiger partial charge in [0.2, 0.25) is 5.01 Å². The van der Waals surface area contributed by atoms with Gasteiger partial charge in [-0.05, 0) is 42.5 Å². The summed E-state index contributed by atoms with van der Waals surface area (Å²) in [6, 6.07) is 5.24. The monoisotopic (exact) mass is 323 g/mol. The van der Waals surface area contributed by atoms with E-state index in [1.807, 2.05) is 6.07 Å². The Balaban J connectivity index is 1.88. The number of carboxylic acids is 1. The minimum absolute atomic E-state index is 0.0887. The van der Waals surface area contributed by atoms with Crippen molar-refractivity contribution in [1.29, 1.82) is 0 Å². The van der Waals surface area contributed by atoms with Crippen LogP contribution < -0.4 is 0 Å². The Morgan fingerprint density at radius 3 is 2.76 bits per heavy atom. The van der Waals surface area contributed by atoms with Crippen LogP contribution in [0.15, 0.2) is 28.5 Å². The maximum absolute atomic E-state index is 12.4. The molecule has 7 heteroatoms. The predicted octanol–water partition coefficient (Wildman–Crippen LogP) is 2.30. The third kappa shape index (κ3) is 2.84. The normalized spacial score (nSPS) is 14.1. The molecular weight excluding hydrogens is 310 g/mol. The highest BCUT2D eigenvalue weighted by Crippen LogP contribution is 2.26. The summed E-state index contributed by atoms with van der Waals surface area (Å²) in [7, 11) is -3.50. The topological polar surface area (TPSA) is 84.3 Å². The second kappa shape index (κ2) is 5.23. The quantitative estimate of drug-likeness (QED) is 0.933. The number of hydrogen-bond donors (Lipinski definition) is 1. The number of carbonyl (C=O) groups is 1. The molecule has 0 atom stereocenters.